The van der Waals surface area contributed by atoms with Gasteiger partial charge in [0.25, 0.3) is 0 Å². The first-order valence-electron chi connectivity index (χ1n) is 6.57. The molecule has 8 nitrogen and oxygen atoms in total. The van der Waals surface area contributed by atoms with E-state index in [0.29, 0.717) is 37.2 Å². The lowest BCUT2D eigenvalue weighted by Crippen LogP contribution is -2.30. The number of nitro groups is 1. The van der Waals surface area contributed by atoms with Gasteiger partial charge >= 0.3 is 11.7 Å². The van der Waals surface area contributed by atoms with Crippen LogP contribution in [0.15, 0.2) is 0 Å². The summed E-state index contributed by atoms with van der Waals surface area (Å²) in [6.45, 7) is 1.60. The molecule has 1 aromatic rings. The fourth-order valence-electron chi connectivity index (χ4n) is 2.71. The molecule has 8 heteroatoms. The van der Waals surface area contributed by atoms with Crippen LogP contribution in [0.1, 0.15) is 31.4 Å². The average molecular weight is 282 g/mol. The first-order valence-corrected chi connectivity index (χ1v) is 6.57. The van der Waals surface area contributed by atoms with Crippen LogP contribution < -0.4 is 5.32 Å². The van der Waals surface area contributed by atoms with E-state index < -0.39 is 10.9 Å². The summed E-state index contributed by atoms with van der Waals surface area (Å²) in [6, 6.07) is 0.0547. The van der Waals surface area contributed by atoms with Crippen molar-refractivity contribution < 1.29 is 14.8 Å². The predicted octanol–water partition coefficient (Wildman–Crippen LogP) is 1.69. The molecule has 0 aromatic carbocycles. The lowest BCUT2D eigenvalue weighted by atomic mass is 9.86. The van der Waals surface area contributed by atoms with Gasteiger partial charge < -0.3 is 10.4 Å². The molecule has 110 valence electrons. The number of carbonyl (C=O) groups is 1. The number of hydrogen-bond donors (Lipinski definition) is 2. The minimum absolute atomic E-state index is 0.00661. The van der Waals surface area contributed by atoms with E-state index in [4.69, 9.17) is 5.11 Å². The summed E-state index contributed by atoms with van der Waals surface area (Å²) in [7, 11) is 1.66. The van der Waals surface area contributed by atoms with Crippen LogP contribution in [-0.2, 0) is 11.8 Å². The normalized spacial score (nSPS) is 22.5. The Kier molecular flexibility index (Phi) is 3.91. The van der Waals surface area contributed by atoms with E-state index in [1.54, 1.807) is 14.0 Å². The molecule has 1 aliphatic carbocycles. The zero-order chi connectivity index (χ0) is 14.9. The van der Waals surface area contributed by atoms with Crippen molar-refractivity contribution in [3.63, 3.8) is 0 Å². The zero-order valence-electron chi connectivity index (χ0n) is 11.5. The second kappa shape index (κ2) is 5.48. The van der Waals surface area contributed by atoms with Gasteiger partial charge in [-0.1, -0.05) is 0 Å². The van der Waals surface area contributed by atoms with Gasteiger partial charge in [-0.15, -0.1) is 0 Å². The molecule has 1 saturated carbocycles. The van der Waals surface area contributed by atoms with Crippen molar-refractivity contribution in [3.05, 3.63) is 15.8 Å². The molecule has 0 amide bonds. The Morgan fingerprint density at radius 1 is 1.45 bits per heavy atom. The third-order valence-corrected chi connectivity index (χ3v) is 3.79. The molecule has 0 saturated heterocycles. The minimum Gasteiger partial charge on any atom is -0.481 e. The quantitative estimate of drug-likeness (QED) is 0.642. The fraction of sp³-hybridized carbons (Fsp3) is 0.667. The largest absolute Gasteiger partial charge is 0.481 e. The smallest absolute Gasteiger partial charge is 0.333 e. The number of aromatic nitrogens is 2. The van der Waals surface area contributed by atoms with Gasteiger partial charge in [-0.05, 0) is 32.6 Å². The number of nitrogens with one attached hydrogen (secondary N) is 1. The highest BCUT2D eigenvalue weighted by molar-refractivity contribution is 5.70. The van der Waals surface area contributed by atoms with E-state index in [0.717, 1.165) is 0 Å². The van der Waals surface area contributed by atoms with Gasteiger partial charge in [-0.25, -0.2) is 4.68 Å². The molecule has 0 atom stereocenters. The van der Waals surface area contributed by atoms with Crippen LogP contribution in [0.2, 0.25) is 0 Å². The van der Waals surface area contributed by atoms with Crippen molar-refractivity contribution in [2.75, 3.05) is 5.32 Å². The van der Waals surface area contributed by atoms with Gasteiger partial charge in [0.05, 0.1) is 10.8 Å². The van der Waals surface area contributed by atoms with Crippen LogP contribution >= 0.6 is 0 Å². The van der Waals surface area contributed by atoms with Gasteiger partial charge in [-0.3, -0.25) is 14.9 Å². The Morgan fingerprint density at radius 2 is 2.05 bits per heavy atom. The zero-order valence-corrected chi connectivity index (χ0v) is 11.5. The second-order valence-corrected chi connectivity index (χ2v) is 5.19. The molecule has 0 radical (unpaired) electrons. The van der Waals surface area contributed by atoms with Gasteiger partial charge in [0.15, 0.2) is 0 Å². The van der Waals surface area contributed by atoms with Gasteiger partial charge in [0, 0.05) is 13.1 Å². The molecule has 0 spiro atoms. The Bertz CT molecular complexity index is 532. The number of carboxylic acid groups (broad SMARTS) is 1. The summed E-state index contributed by atoms with van der Waals surface area (Å²) in [4.78, 5) is 21.5. The standard InChI is InChI=1S/C12H18N4O4/c1-7-10(16(19)20)11(15(2)14-7)13-9-5-3-8(4-6-9)12(17)18/h8-9,13H,3-6H2,1-2H3,(H,17,18). The van der Waals surface area contributed by atoms with E-state index in [9.17, 15) is 14.9 Å². The first-order chi connectivity index (χ1) is 9.40. The van der Waals surface area contributed by atoms with Crippen molar-refractivity contribution in [1.82, 2.24) is 9.78 Å². The van der Waals surface area contributed by atoms with Crippen LogP contribution in [0.4, 0.5) is 11.5 Å². The molecule has 0 bridgehead atoms. The van der Waals surface area contributed by atoms with E-state index in [-0.39, 0.29) is 17.6 Å². The van der Waals surface area contributed by atoms with E-state index in [2.05, 4.69) is 10.4 Å². The summed E-state index contributed by atoms with van der Waals surface area (Å²) in [6.07, 6.45) is 2.58. The van der Waals surface area contributed by atoms with Crippen LogP contribution in [0.25, 0.3) is 0 Å². The molecule has 0 aliphatic heterocycles. The Balaban J connectivity index is 2.08. The molecule has 1 aliphatic rings. The molecule has 2 rings (SSSR count). The van der Waals surface area contributed by atoms with Crippen molar-refractivity contribution >= 4 is 17.5 Å². The van der Waals surface area contributed by atoms with Crippen molar-refractivity contribution in [2.45, 2.75) is 38.6 Å². The SMILES string of the molecule is Cc1nn(C)c(NC2CCC(C(=O)O)CC2)c1[N+](=O)[O-]. The summed E-state index contributed by atoms with van der Waals surface area (Å²) < 4.78 is 1.47. The first kappa shape index (κ1) is 14.3. The summed E-state index contributed by atoms with van der Waals surface area (Å²) in [5, 5.41) is 27.2. The van der Waals surface area contributed by atoms with E-state index >= 15 is 0 Å². The Morgan fingerprint density at radius 3 is 2.55 bits per heavy atom. The van der Waals surface area contributed by atoms with Crippen LogP contribution in [0, 0.1) is 23.0 Å². The summed E-state index contributed by atoms with van der Waals surface area (Å²) >= 11 is 0. The molecule has 1 fully saturated rings. The number of aryl methyl sites for hydroxylation is 2. The van der Waals surface area contributed by atoms with Crippen LogP contribution in [-0.4, -0.2) is 31.8 Å². The highest BCUT2D eigenvalue weighted by Gasteiger charge is 2.30. The van der Waals surface area contributed by atoms with Gasteiger partial charge in [0.2, 0.25) is 5.82 Å². The van der Waals surface area contributed by atoms with Crippen LogP contribution in [0.3, 0.4) is 0 Å². The lowest BCUT2D eigenvalue weighted by Gasteiger charge is -2.27. The number of aliphatic carboxylic acids is 1. The fourth-order valence-corrected chi connectivity index (χ4v) is 2.71. The summed E-state index contributed by atoms with van der Waals surface area (Å²) in [5.74, 6) is -0.659. The lowest BCUT2D eigenvalue weighted by molar-refractivity contribution is -0.384. The molecule has 1 heterocycles. The molecule has 20 heavy (non-hydrogen) atoms. The third kappa shape index (κ3) is 2.73. The number of carboxylic acids is 1. The average Bonchev–Trinajstić information content (AvgIpc) is 2.64. The number of hydrogen-bond acceptors (Lipinski definition) is 5. The van der Waals surface area contributed by atoms with E-state index in [1.165, 1.54) is 4.68 Å². The Hall–Kier alpha value is -2.12. The monoisotopic (exact) mass is 282 g/mol. The number of rotatable bonds is 4. The predicted molar refractivity (Wildman–Crippen MR) is 71.6 cm³/mol. The van der Waals surface area contributed by atoms with Crippen molar-refractivity contribution in [1.29, 1.82) is 0 Å². The second-order valence-electron chi connectivity index (χ2n) is 5.19. The van der Waals surface area contributed by atoms with Gasteiger partial charge in [0.1, 0.15) is 5.69 Å². The maximum atomic E-state index is 11.1. The molecular weight excluding hydrogens is 264 g/mol. The molecule has 1 aromatic heterocycles. The molecule has 0 unspecified atom stereocenters. The molecule has 2 N–H and O–H groups in total. The van der Waals surface area contributed by atoms with Gasteiger partial charge in [-0.2, -0.15) is 5.10 Å². The number of nitrogens with zero attached hydrogens (tertiary/aromatic N) is 3. The van der Waals surface area contributed by atoms with Crippen LogP contribution in [0.5, 0.6) is 0 Å². The summed E-state index contributed by atoms with van der Waals surface area (Å²) in [5.41, 5.74) is 0.368. The third-order valence-electron chi connectivity index (χ3n) is 3.79. The maximum absolute atomic E-state index is 11.1. The van der Waals surface area contributed by atoms with Crippen molar-refractivity contribution in [3.8, 4) is 0 Å². The topological polar surface area (TPSA) is 110 Å². The molecular formula is C12H18N4O4. The minimum atomic E-state index is -0.759. The maximum Gasteiger partial charge on any atom is 0.333 e. The highest BCUT2D eigenvalue weighted by Crippen LogP contribution is 2.32. The highest BCUT2D eigenvalue weighted by atomic mass is 16.6. The number of anilines is 1. The van der Waals surface area contributed by atoms with E-state index in [1.807, 2.05) is 0 Å². The Labute approximate surface area is 115 Å². The van der Waals surface area contributed by atoms with Crippen molar-refractivity contribution in [2.24, 2.45) is 13.0 Å².